The Labute approximate surface area is 209 Å². The lowest BCUT2D eigenvalue weighted by Crippen LogP contribution is -2.54. The molecule has 1 aromatic carbocycles. The molecular formula is C26H42N4O5. The van der Waals surface area contributed by atoms with Gasteiger partial charge in [-0.3, -0.25) is 14.4 Å². The van der Waals surface area contributed by atoms with Crippen molar-refractivity contribution in [2.24, 2.45) is 5.73 Å². The summed E-state index contributed by atoms with van der Waals surface area (Å²) in [6.45, 7) is 11.7. The summed E-state index contributed by atoms with van der Waals surface area (Å²) in [5.41, 5.74) is 6.18. The van der Waals surface area contributed by atoms with Crippen molar-refractivity contribution in [3.8, 4) is 0 Å². The van der Waals surface area contributed by atoms with Gasteiger partial charge in [0.05, 0.1) is 6.42 Å². The number of primary amides is 1. The van der Waals surface area contributed by atoms with Crippen LogP contribution in [0.25, 0.3) is 0 Å². The van der Waals surface area contributed by atoms with Gasteiger partial charge in [-0.2, -0.15) is 0 Å². The minimum Gasteiger partial charge on any atom is -0.444 e. The molecule has 0 fully saturated rings. The van der Waals surface area contributed by atoms with Gasteiger partial charge < -0.3 is 26.0 Å². The van der Waals surface area contributed by atoms with Gasteiger partial charge >= 0.3 is 6.09 Å². The maximum absolute atomic E-state index is 13.7. The third kappa shape index (κ3) is 10.8. The number of hydrogen-bond acceptors (Lipinski definition) is 5. The molecule has 0 aromatic heterocycles. The third-order valence-electron chi connectivity index (χ3n) is 5.14. The van der Waals surface area contributed by atoms with Crippen molar-refractivity contribution in [2.45, 2.75) is 91.3 Å². The molecular weight excluding hydrogens is 448 g/mol. The van der Waals surface area contributed by atoms with Gasteiger partial charge in [-0.15, -0.1) is 0 Å². The molecule has 0 aliphatic rings. The second-order valence-corrected chi connectivity index (χ2v) is 9.72. The minimum atomic E-state index is -1.27. The summed E-state index contributed by atoms with van der Waals surface area (Å²) < 4.78 is 5.27. The van der Waals surface area contributed by atoms with Gasteiger partial charge in [0.25, 0.3) is 0 Å². The summed E-state index contributed by atoms with van der Waals surface area (Å²) in [7, 11) is 0. The quantitative estimate of drug-likeness (QED) is 0.365. The van der Waals surface area contributed by atoms with Crippen molar-refractivity contribution in [2.75, 3.05) is 13.1 Å². The predicted molar refractivity (Wildman–Crippen MR) is 135 cm³/mol. The predicted octanol–water partition coefficient (Wildman–Crippen LogP) is 3.35. The lowest BCUT2D eigenvalue weighted by molar-refractivity contribution is -0.143. The van der Waals surface area contributed by atoms with Crippen molar-refractivity contribution in [1.29, 1.82) is 0 Å². The fourth-order valence-electron chi connectivity index (χ4n) is 3.66. The van der Waals surface area contributed by atoms with E-state index in [-0.39, 0.29) is 12.5 Å². The first-order valence-corrected chi connectivity index (χ1v) is 12.3. The Bertz CT molecular complexity index is 866. The number of aryl methyl sites for hydroxylation is 1. The summed E-state index contributed by atoms with van der Waals surface area (Å²) in [4.78, 5) is 52.7. The van der Waals surface area contributed by atoms with E-state index >= 15 is 0 Å². The Balaban J connectivity index is 3.35. The Hall–Kier alpha value is -3.10. The highest BCUT2D eigenvalue weighted by molar-refractivity contribution is 5.94. The molecule has 9 heteroatoms. The topological polar surface area (TPSA) is 131 Å². The number of nitrogens with zero attached hydrogens (tertiary/aromatic N) is 1. The van der Waals surface area contributed by atoms with Gasteiger partial charge in [0, 0.05) is 13.1 Å². The fourth-order valence-corrected chi connectivity index (χ4v) is 3.66. The zero-order valence-electron chi connectivity index (χ0n) is 22.0. The number of carbonyl (C=O) groups excluding carboxylic acids is 4. The molecule has 4 N–H and O–H groups in total. The molecule has 2 atom stereocenters. The molecule has 0 spiro atoms. The van der Waals surface area contributed by atoms with Crippen molar-refractivity contribution in [1.82, 2.24) is 15.5 Å². The maximum Gasteiger partial charge on any atom is 0.408 e. The van der Waals surface area contributed by atoms with E-state index < -0.39 is 42.0 Å². The van der Waals surface area contributed by atoms with Crippen molar-refractivity contribution >= 4 is 23.8 Å². The average molecular weight is 491 g/mol. The van der Waals surface area contributed by atoms with Crippen LogP contribution in [0.15, 0.2) is 24.3 Å². The minimum absolute atomic E-state index is 0.241. The maximum atomic E-state index is 13.7. The number of rotatable bonds is 13. The van der Waals surface area contributed by atoms with Crippen LogP contribution in [0.4, 0.5) is 4.79 Å². The van der Waals surface area contributed by atoms with Crippen LogP contribution >= 0.6 is 0 Å². The lowest BCUT2D eigenvalue weighted by Gasteiger charge is -2.34. The molecule has 9 nitrogen and oxygen atoms in total. The van der Waals surface area contributed by atoms with Gasteiger partial charge in [-0.05, 0) is 46.1 Å². The second kappa shape index (κ2) is 14.3. The first-order chi connectivity index (χ1) is 16.4. The number of benzene rings is 1. The Morgan fingerprint density at radius 3 is 2.31 bits per heavy atom. The lowest BCUT2D eigenvalue weighted by atomic mass is 10.00. The van der Waals surface area contributed by atoms with Crippen LogP contribution in [0.2, 0.25) is 0 Å². The van der Waals surface area contributed by atoms with Crippen LogP contribution in [-0.4, -0.2) is 53.4 Å². The number of nitrogens with two attached hydrogens (primary N) is 1. The summed E-state index contributed by atoms with van der Waals surface area (Å²) in [5, 5.41) is 5.42. The van der Waals surface area contributed by atoms with Gasteiger partial charge in [-0.25, -0.2) is 4.79 Å². The van der Waals surface area contributed by atoms with E-state index in [0.717, 1.165) is 24.8 Å². The van der Waals surface area contributed by atoms with E-state index in [4.69, 9.17) is 10.5 Å². The van der Waals surface area contributed by atoms with E-state index in [2.05, 4.69) is 17.6 Å². The molecule has 0 saturated heterocycles. The number of amides is 4. The molecule has 1 rings (SSSR count). The number of hydrogen-bond donors (Lipinski definition) is 3. The summed E-state index contributed by atoms with van der Waals surface area (Å²) >= 11 is 0. The molecule has 35 heavy (non-hydrogen) atoms. The first-order valence-electron chi connectivity index (χ1n) is 12.3. The van der Waals surface area contributed by atoms with Crippen LogP contribution in [0.1, 0.15) is 83.9 Å². The Morgan fingerprint density at radius 2 is 1.77 bits per heavy atom. The zero-order chi connectivity index (χ0) is 26.6. The van der Waals surface area contributed by atoms with Crippen LogP contribution in [-0.2, 0) is 19.1 Å². The highest BCUT2D eigenvalue weighted by Crippen LogP contribution is 2.24. The summed E-state index contributed by atoms with van der Waals surface area (Å²) in [5.74, 6) is -1.65. The van der Waals surface area contributed by atoms with E-state index in [1.807, 2.05) is 32.0 Å². The molecule has 1 aromatic rings. The van der Waals surface area contributed by atoms with E-state index in [9.17, 15) is 19.2 Å². The molecule has 2 unspecified atom stereocenters. The number of carbonyl (C=O) groups is 4. The van der Waals surface area contributed by atoms with Crippen molar-refractivity contribution in [3.63, 3.8) is 0 Å². The highest BCUT2D eigenvalue weighted by Gasteiger charge is 2.36. The zero-order valence-corrected chi connectivity index (χ0v) is 22.0. The molecule has 0 aliphatic carbocycles. The van der Waals surface area contributed by atoms with Gasteiger partial charge in [0.2, 0.25) is 17.7 Å². The van der Waals surface area contributed by atoms with E-state index in [1.54, 1.807) is 26.8 Å². The van der Waals surface area contributed by atoms with Crippen LogP contribution in [0, 0.1) is 6.92 Å². The first kappa shape index (κ1) is 29.9. The monoisotopic (exact) mass is 490 g/mol. The summed E-state index contributed by atoms with van der Waals surface area (Å²) in [6, 6.07) is 5.19. The molecule has 0 heterocycles. The average Bonchev–Trinajstić information content (AvgIpc) is 2.74. The van der Waals surface area contributed by atoms with Crippen molar-refractivity contribution < 1.29 is 23.9 Å². The number of nitrogens with one attached hydrogen (secondary N) is 2. The molecule has 0 bridgehead atoms. The molecule has 0 aliphatic heterocycles. The number of ether oxygens (including phenoxy) is 1. The molecule has 4 amide bonds. The Kier molecular flexibility index (Phi) is 12.3. The van der Waals surface area contributed by atoms with Crippen molar-refractivity contribution in [3.05, 3.63) is 35.4 Å². The van der Waals surface area contributed by atoms with E-state index in [0.29, 0.717) is 18.5 Å². The van der Waals surface area contributed by atoms with Crippen LogP contribution in [0.5, 0.6) is 0 Å². The van der Waals surface area contributed by atoms with Gasteiger partial charge in [-0.1, -0.05) is 56.5 Å². The van der Waals surface area contributed by atoms with Gasteiger partial charge in [0.15, 0.2) is 0 Å². The number of alkyl carbamates (subject to hydrolysis) is 1. The van der Waals surface area contributed by atoms with Gasteiger partial charge in [0.1, 0.15) is 17.7 Å². The second-order valence-electron chi connectivity index (χ2n) is 9.72. The standard InChI is InChI=1S/C26H42N4O5/c1-7-9-10-14-28-23(32)22(19-13-11-12-18(3)16-19)30(15-8-2)24(33)20(17-21(27)31)29-25(34)35-26(4,5)6/h11-13,16,20,22H,7-10,14-15,17H2,1-6H3,(H2,27,31)(H,28,32)(H,29,34). The third-order valence-corrected chi connectivity index (χ3v) is 5.14. The number of unbranched alkanes of at least 4 members (excludes halogenated alkanes) is 2. The smallest absolute Gasteiger partial charge is 0.408 e. The summed E-state index contributed by atoms with van der Waals surface area (Å²) in [6.07, 6.45) is 2.12. The normalized spacial score (nSPS) is 12.9. The van der Waals surface area contributed by atoms with E-state index in [1.165, 1.54) is 4.90 Å². The molecule has 196 valence electrons. The largest absolute Gasteiger partial charge is 0.444 e. The fraction of sp³-hybridized carbons (Fsp3) is 0.615. The van der Waals surface area contributed by atoms with Crippen LogP contribution < -0.4 is 16.4 Å². The molecule has 0 radical (unpaired) electrons. The highest BCUT2D eigenvalue weighted by atomic mass is 16.6. The SMILES string of the molecule is CCCCCNC(=O)C(c1cccc(C)c1)N(CCC)C(=O)C(CC(N)=O)NC(=O)OC(C)(C)C. The van der Waals surface area contributed by atoms with Crippen LogP contribution in [0.3, 0.4) is 0 Å². The Morgan fingerprint density at radius 1 is 1.09 bits per heavy atom. The molecule has 0 saturated carbocycles.